The highest BCUT2D eigenvalue weighted by Gasteiger charge is 2.19. The summed E-state index contributed by atoms with van der Waals surface area (Å²) >= 11 is 1.17. The fourth-order valence-electron chi connectivity index (χ4n) is 2.88. The van der Waals surface area contributed by atoms with Gasteiger partial charge >= 0.3 is 11.9 Å². The number of hydrogen-bond donors (Lipinski definition) is 1. The Morgan fingerprint density at radius 3 is 2.60 bits per heavy atom. The van der Waals surface area contributed by atoms with E-state index in [0.717, 1.165) is 0 Å². The van der Waals surface area contributed by atoms with Crippen LogP contribution in [0.3, 0.4) is 0 Å². The van der Waals surface area contributed by atoms with E-state index in [9.17, 15) is 9.59 Å². The molecule has 11 heteroatoms. The fourth-order valence-corrected chi connectivity index (χ4v) is 3.73. The van der Waals surface area contributed by atoms with Crippen LogP contribution in [0.2, 0.25) is 0 Å². The van der Waals surface area contributed by atoms with Crippen LogP contribution < -0.4 is 10.2 Å². The Morgan fingerprint density at radius 1 is 1.17 bits per heavy atom. The average molecular weight is 436 g/mol. The SMILES string of the molecule is CCOC(=O)Cc1cc(N2CCOCC2)nc(Nc2nc(C)c(C(=O)OCC)s2)n1. The lowest BCUT2D eigenvalue weighted by Gasteiger charge is -2.28. The Bertz CT molecular complexity index is 897. The van der Waals surface area contributed by atoms with Gasteiger partial charge in [-0.2, -0.15) is 4.98 Å². The first kappa shape index (κ1) is 21.9. The lowest BCUT2D eigenvalue weighted by Crippen LogP contribution is -2.37. The molecular formula is C19H25N5O5S. The number of aryl methyl sites for hydroxylation is 1. The number of ether oxygens (including phenoxy) is 3. The Labute approximate surface area is 178 Å². The molecule has 1 fully saturated rings. The molecule has 0 amide bonds. The molecule has 0 atom stereocenters. The van der Waals surface area contributed by atoms with Crippen LogP contribution in [0.15, 0.2) is 6.07 Å². The van der Waals surface area contributed by atoms with Crippen molar-refractivity contribution in [1.82, 2.24) is 15.0 Å². The van der Waals surface area contributed by atoms with Crippen molar-refractivity contribution >= 4 is 40.2 Å². The molecule has 3 heterocycles. The van der Waals surface area contributed by atoms with E-state index < -0.39 is 5.97 Å². The standard InChI is InChI=1S/C19H25N5O5S/c1-4-28-15(25)11-13-10-14(24-6-8-27-9-7-24)22-18(21-13)23-19-20-12(3)16(30-19)17(26)29-5-2/h10H,4-9,11H2,1-3H3,(H,20,21,22,23). The second-order valence-corrected chi connectivity index (χ2v) is 7.40. The smallest absolute Gasteiger partial charge is 0.350 e. The van der Waals surface area contributed by atoms with Gasteiger partial charge in [0.25, 0.3) is 0 Å². The van der Waals surface area contributed by atoms with Crippen LogP contribution in [0.25, 0.3) is 0 Å². The van der Waals surface area contributed by atoms with E-state index in [1.807, 2.05) is 0 Å². The molecule has 0 radical (unpaired) electrons. The second kappa shape index (κ2) is 10.3. The van der Waals surface area contributed by atoms with Gasteiger partial charge in [-0.3, -0.25) is 10.1 Å². The molecule has 0 saturated carbocycles. The lowest BCUT2D eigenvalue weighted by molar-refractivity contribution is -0.142. The largest absolute Gasteiger partial charge is 0.466 e. The number of morpholine rings is 1. The summed E-state index contributed by atoms with van der Waals surface area (Å²) in [6.07, 6.45) is 0.0351. The molecule has 3 rings (SSSR count). The number of esters is 2. The zero-order chi connectivity index (χ0) is 21.5. The first-order valence-electron chi connectivity index (χ1n) is 9.78. The van der Waals surface area contributed by atoms with Gasteiger partial charge < -0.3 is 19.1 Å². The average Bonchev–Trinajstić information content (AvgIpc) is 3.09. The van der Waals surface area contributed by atoms with Crippen LogP contribution in [0, 0.1) is 6.92 Å². The monoisotopic (exact) mass is 435 g/mol. The number of carbonyl (C=O) groups excluding carboxylic acids is 2. The summed E-state index contributed by atoms with van der Waals surface area (Å²) in [5.41, 5.74) is 1.10. The van der Waals surface area contributed by atoms with Crippen LogP contribution in [0.5, 0.6) is 0 Å². The Balaban J connectivity index is 1.86. The number of anilines is 3. The van der Waals surface area contributed by atoms with E-state index in [1.54, 1.807) is 26.8 Å². The van der Waals surface area contributed by atoms with Crippen LogP contribution in [0.4, 0.5) is 16.9 Å². The van der Waals surface area contributed by atoms with Gasteiger partial charge in [0.05, 0.1) is 44.2 Å². The highest BCUT2D eigenvalue weighted by atomic mass is 32.1. The van der Waals surface area contributed by atoms with Crippen molar-refractivity contribution in [3.63, 3.8) is 0 Å². The van der Waals surface area contributed by atoms with Gasteiger partial charge in [-0.25, -0.2) is 14.8 Å². The van der Waals surface area contributed by atoms with E-state index in [2.05, 4.69) is 25.2 Å². The molecule has 2 aromatic rings. The fraction of sp³-hybridized carbons (Fsp3) is 0.526. The number of carbonyl (C=O) groups is 2. The minimum Gasteiger partial charge on any atom is -0.466 e. The summed E-state index contributed by atoms with van der Waals surface area (Å²) < 4.78 is 15.5. The quantitative estimate of drug-likeness (QED) is 0.618. The predicted octanol–water partition coefficient (Wildman–Crippen LogP) is 2.10. The Kier molecular flexibility index (Phi) is 7.52. The number of aromatic nitrogens is 3. The molecule has 2 aromatic heterocycles. The van der Waals surface area contributed by atoms with Crippen molar-refractivity contribution in [2.75, 3.05) is 49.7 Å². The highest BCUT2D eigenvalue weighted by Crippen LogP contribution is 2.26. The molecule has 30 heavy (non-hydrogen) atoms. The molecule has 1 aliphatic heterocycles. The van der Waals surface area contributed by atoms with Gasteiger partial charge in [-0.15, -0.1) is 0 Å². The maximum atomic E-state index is 12.0. The summed E-state index contributed by atoms with van der Waals surface area (Å²) in [5.74, 6) is 0.216. The molecular weight excluding hydrogens is 410 g/mol. The van der Waals surface area contributed by atoms with Gasteiger partial charge in [-0.05, 0) is 20.8 Å². The number of nitrogens with one attached hydrogen (secondary N) is 1. The third-order valence-corrected chi connectivity index (χ3v) is 5.26. The van der Waals surface area contributed by atoms with E-state index in [1.165, 1.54) is 11.3 Å². The van der Waals surface area contributed by atoms with Crippen LogP contribution >= 0.6 is 11.3 Å². The zero-order valence-electron chi connectivity index (χ0n) is 17.3. The lowest BCUT2D eigenvalue weighted by atomic mass is 10.2. The molecule has 10 nitrogen and oxygen atoms in total. The topological polar surface area (TPSA) is 116 Å². The summed E-state index contributed by atoms with van der Waals surface area (Å²) in [4.78, 5) is 39.9. The first-order valence-corrected chi connectivity index (χ1v) is 10.6. The third-order valence-electron chi connectivity index (χ3n) is 4.21. The summed E-state index contributed by atoms with van der Waals surface area (Å²) in [6, 6.07) is 1.78. The van der Waals surface area contributed by atoms with Crippen molar-refractivity contribution in [3.05, 3.63) is 22.3 Å². The van der Waals surface area contributed by atoms with Gasteiger partial charge in [0.15, 0.2) is 5.13 Å². The summed E-state index contributed by atoms with van der Waals surface area (Å²) in [6.45, 7) is 8.45. The predicted molar refractivity (Wildman–Crippen MR) is 111 cm³/mol. The minimum absolute atomic E-state index is 0.0351. The zero-order valence-corrected chi connectivity index (χ0v) is 18.1. The number of thiazole rings is 1. The molecule has 0 bridgehead atoms. The summed E-state index contributed by atoms with van der Waals surface area (Å²) in [5, 5.41) is 3.52. The van der Waals surface area contributed by atoms with Crippen molar-refractivity contribution in [2.45, 2.75) is 27.2 Å². The molecule has 1 saturated heterocycles. The minimum atomic E-state index is -0.411. The van der Waals surface area contributed by atoms with Gasteiger partial charge in [-0.1, -0.05) is 11.3 Å². The molecule has 0 aliphatic carbocycles. The maximum absolute atomic E-state index is 12.0. The van der Waals surface area contributed by atoms with Crippen LogP contribution in [-0.2, 0) is 25.4 Å². The van der Waals surface area contributed by atoms with Crippen molar-refractivity contribution in [1.29, 1.82) is 0 Å². The number of nitrogens with zero attached hydrogens (tertiary/aromatic N) is 4. The second-order valence-electron chi connectivity index (χ2n) is 6.40. The molecule has 1 N–H and O–H groups in total. The Hall–Kier alpha value is -2.79. The van der Waals surface area contributed by atoms with E-state index in [-0.39, 0.29) is 12.4 Å². The van der Waals surface area contributed by atoms with E-state index in [4.69, 9.17) is 14.2 Å². The number of rotatable bonds is 8. The van der Waals surface area contributed by atoms with Crippen LogP contribution in [-0.4, -0.2) is 66.4 Å². The Morgan fingerprint density at radius 2 is 1.90 bits per heavy atom. The van der Waals surface area contributed by atoms with E-state index >= 15 is 0 Å². The van der Waals surface area contributed by atoms with Crippen molar-refractivity contribution in [2.24, 2.45) is 0 Å². The van der Waals surface area contributed by atoms with Gasteiger partial charge in [0.2, 0.25) is 5.95 Å². The third kappa shape index (κ3) is 5.63. The molecule has 1 aliphatic rings. The van der Waals surface area contributed by atoms with Gasteiger partial charge in [0.1, 0.15) is 10.7 Å². The molecule has 162 valence electrons. The maximum Gasteiger partial charge on any atom is 0.350 e. The normalized spacial score (nSPS) is 13.8. The van der Waals surface area contributed by atoms with Crippen LogP contribution in [0.1, 0.15) is 34.9 Å². The highest BCUT2D eigenvalue weighted by molar-refractivity contribution is 7.17. The molecule has 0 aromatic carbocycles. The van der Waals surface area contributed by atoms with Crippen molar-refractivity contribution < 1.29 is 23.8 Å². The van der Waals surface area contributed by atoms with Gasteiger partial charge in [0, 0.05) is 19.2 Å². The summed E-state index contributed by atoms with van der Waals surface area (Å²) in [7, 11) is 0. The molecule has 0 unspecified atom stereocenters. The van der Waals surface area contributed by atoms with Crippen molar-refractivity contribution in [3.8, 4) is 0 Å². The first-order chi connectivity index (χ1) is 14.5. The molecule has 0 spiro atoms. The van der Waals surface area contributed by atoms with E-state index in [0.29, 0.717) is 72.7 Å². The number of hydrogen-bond acceptors (Lipinski definition) is 11.